The lowest BCUT2D eigenvalue weighted by Gasteiger charge is -2.08. The number of carbonyl (C=O) groups excluding carboxylic acids is 1. The average molecular weight is 157 g/mol. The lowest BCUT2D eigenvalue weighted by atomic mass is 9.57. The Labute approximate surface area is 68.2 Å². The number of hydrogen-bond donors (Lipinski definition) is 0. The summed E-state index contributed by atoms with van der Waals surface area (Å²) in [6.45, 7) is 5.80. The van der Waals surface area contributed by atoms with Gasteiger partial charge in [0.2, 0.25) is 0 Å². The molecule has 0 aliphatic carbocycles. The van der Waals surface area contributed by atoms with Crippen molar-refractivity contribution < 1.29 is 14.6 Å². The van der Waals surface area contributed by atoms with Crippen molar-refractivity contribution in [2.75, 3.05) is 7.11 Å². The fraction of sp³-hybridized carbons (Fsp3) is 0.857. The second kappa shape index (κ2) is 5.19. The van der Waals surface area contributed by atoms with E-state index in [0.29, 0.717) is 5.82 Å². The van der Waals surface area contributed by atoms with Gasteiger partial charge < -0.3 is 0 Å². The van der Waals surface area contributed by atoms with Crippen molar-refractivity contribution in [2.24, 2.45) is 0 Å². The third kappa shape index (κ3) is 4.84. The standard InChI is InChI=1S/C7H14BO3/c1-5(2)8-6(3)7(9)11-10-4/h5-6H,1-4H3. The van der Waals surface area contributed by atoms with Gasteiger partial charge in [0.25, 0.3) is 0 Å². The summed E-state index contributed by atoms with van der Waals surface area (Å²) in [5, 5.41) is 0. The zero-order chi connectivity index (χ0) is 8.85. The molecule has 1 radical (unpaired) electrons. The molecule has 0 saturated carbocycles. The van der Waals surface area contributed by atoms with E-state index in [1.54, 1.807) is 6.92 Å². The summed E-state index contributed by atoms with van der Waals surface area (Å²) in [5.41, 5.74) is 0. The van der Waals surface area contributed by atoms with Crippen LogP contribution >= 0.6 is 0 Å². The van der Waals surface area contributed by atoms with Gasteiger partial charge in [-0.25, -0.2) is 4.79 Å². The first-order valence-corrected chi connectivity index (χ1v) is 3.67. The van der Waals surface area contributed by atoms with Crippen molar-refractivity contribution >= 4 is 13.2 Å². The molecule has 0 bridgehead atoms. The van der Waals surface area contributed by atoms with Crippen molar-refractivity contribution in [1.29, 1.82) is 0 Å². The molecule has 0 aromatic heterocycles. The smallest absolute Gasteiger partial charge is 0.299 e. The van der Waals surface area contributed by atoms with Gasteiger partial charge in [-0.2, -0.15) is 4.89 Å². The average Bonchev–Trinajstić information content (AvgIpc) is 1.86. The Balaban J connectivity index is 3.64. The van der Waals surface area contributed by atoms with Crippen LogP contribution in [-0.4, -0.2) is 20.4 Å². The lowest BCUT2D eigenvalue weighted by Crippen LogP contribution is -2.16. The lowest BCUT2D eigenvalue weighted by molar-refractivity contribution is -0.254. The van der Waals surface area contributed by atoms with Gasteiger partial charge >= 0.3 is 5.97 Å². The van der Waals surface area contributed by atoms with Crippen molar-refractivity contribution in [1.82, 2.24) is 0 Å². The normalized spacial score (nSPS) is 12.8. The monoisotopic (exact) mass is 157 g/mol. The van der Waals surface area contributed by atoms with Gasteiger partial charge in [-0.3, -0.25) is 4.89 Å². The summed E-state index contributed by atoms with van der Waals surface area (Å²) >= 11 is 0. The van der Waals surface area contributed by atoms with Crippen LogP contribution in [0.3, 0.4) is 0 Å². The van der Waals surface area contributed by atoms with E-state index >= 15 is 0 Å². The molecule has 0 aliphatic rings. The predicted molar refractivity (Wildman–Crippen MR) is 43.4 cm³/mol. The molecule has 0 aromatic rings. The van der Waals surface area contributed by atoms with E-state index in [1.807, 2.05) is 21.1 Å². The third-order valence-electron chi connectivity index (χ3n) is 1.21. The molecule has 0 rings (SSSR count). The minimum Gasteiger partial charge on any atom is -0.299 e. The topological polar surface area (TPSA) is 35.5 Å². The maximum absolute atomic E-state index is 10.9. The highest BCUT2D eigenvalue weighted by molar-refractivity contribution is 6.44. The summed E-state index contributed by atoms with van der Waals surface area (Å²) in [5.74, 6) is -0.162. The summed E-state index contributed by atoms with van der Waals surface area (Å²) in [7, 11) is 3.22. The summed E-state index contributed by atoms with van der Waals surface area (Å²) in [6, 6.07) is 0. The molecule has 0 amide bonds. The Bertz CT molecular complexity index is 125. The van der Waals surface area contributed by atoms with Crippen molar-refractivity contribution in [2.45, 2.75) is 32.4 Å². The van der Waals surface area contributed by atoms with Crippen LogP contribution < -0.4 is 0 Å². The van der Waals surface area contributed by atoms with Gasteiger partial charge in [0.05, 0.1) is 7.11 Å². The third-order valence-corrected chi connectivity index (χ3v) is 1.21. The minimum absolute atomic E-state index is 0.199. The Hall–Kier alpha value is -0.505. The van der Waals surface area contributed by atoms with Crippen molar-refractivity contribution in [3.8, 4) is 0 Å². The molecule has 0 fully saturated rings. The highest BCUT2D eigenvalue weighted by atomic mass is 17.2. The van der Waals surface area contributed by atoms with E-state index < -0.39 is 0 Å². The van der Waals surface area contributed by atoms with Crippen LogP contribution in [0.1, 0.15) is 20.8 Å². The van der Waals surface area contributed by atoms with Crippen LogP contribution in [0.5, 0.6) is 0 Å². The fourth-order valence-electron chi connectivity index (χ4n) is 0.814. The summed E-state index contributed by atoms with van der Waals surface area (Å²) in [4.78, 5) is 19.5. The highest BCUT2D eigenvalue weighted by Gasteiger charge is 2.17. The molecule has 0 saturated heterocycles. The maximum atomic E-state index is 10.9. The first-order valence-electron chi connectivity index (χ1n) is 3.67. The van der Waals surface area contributed by atoms with Gasteiger partial charge in [-0.1, -0.05) is 26.6 Å². The zero-order valence-electron chi connectivity index (χ0n) is 7.46. The number of carbonyl (C=O) groups is 1. The van der Waals surface area contributed by atoms with E-state index in [4.69, 9.17) is 0 Å². The molecule has 0 N–H and O–H groups in total. The molecule has 0 heterocycles. The Kier molecular flexibility index (Phi) is 4.95. The quantitative estimate of drug-likeness (QED) is 0.351. The fourth-order valence-corrected chi connectivity index (χ4v) is 0.814. The van der Waals surface area contributed by atoms with Gasteiger partial charge in [0.15, 0.2) is 0 Å². The molecule has 63 valence electrons. The Morgan fingerprint density at radius 3 is 2.27 bits per heavy atom. The van der Waals surface area contributed by atoms with Gasteiger partial charge in [0.1, 0.15) is 7.28 Å². The molecule has 4 heteroatoms. The number of rotatable bonds is 4. The van der Waals surface area contributed by atoms with Crippen LogP contribution in [0.25, 0.3) is 0 Å². The number of hydrogen-bond acceptors (Lipinski definition) is 3. The van der Waals surface area contributed by atoms with Gasteiger partial charge in [-0.05, 0) is 0 Å². The molecule has 3 nitrogen and oxygen atoms in total. The molecule has 1 atom stereocenters. The Morgan fingerprint density at radius 2 is 1.91 bits per heavy atom. The first kappa shape index (κ1) is 10.5. The van der Waals surface area contributed by atoms with E-state index in [0.717, 1.165) is 0 Å². The van der Waals surface area contributed by atoms with Crippen molar-refractivity contribution in [3.05, 3.63) is 0 Å². The SMILES string of the molecule is COOC(=O)C(C)[B]C(C)C. The van der Waals surface area contributed by atoms with Crippen LogP contribution in [0.4, 0.5) is 0 Å². The van der Waals surface area contributed by atoms with Crippen LogP contribution in [0, 0.1) is 0 Å². The predicted octanol–water partition coefficient (Wildman–Crippen LogP) is 1.43. The van der Waals surface area contributed by atoms with Gasteiger partial charge in [0, 0.05) is 5.82 Å². The molecule has 0 aliphatic heterocycles. The maximum Gasteiger partial charge on any atom is 0.337 e. The molecule has 11 heavy (non-hydrogen) atoms. The zero-order valence-corrected chi connectivity index (χ0v) is 7.46. The van der Waals surface area contributed by atoms with Crippen molar-refractivity contribution in [3.63, 3.8) is 0 Å². The molecular formula is C7H14BO3. The second-order valence-corrected chi connectivity index (χ2v) is 2.79. The molecule has 0 aromatic carbocycles. The second-order valence-electron chi connectivity index (χ2n) is 2.79. The largest absolute Gasteiger partial charge is 0.337 e. The van der Waals surface area contributed by atoms with Crippen LogP contribution in [0.2, 0.25) is 11.6 Å². The van der Waals surface area contributed by atoms with E-state index in [9.17, 15) is 4.79 Å². The highest BCUT2D eigenvalue weighted by Crippen LogP contribution is 2.12. The summed E-state index contributed by atoms with van der Waals surface area (Å²) in [6.07, 6.45) is 0. The molecular weight excluding hydrogens is 143 g/mol. The first-order chi connectivity index (χ1) is 5.07. The van der Waals surface area contributed by atoms with Crippen LogP contribution in [-0.2, 0) is 14.6 Å². The minimum atomic E-state index is -0.346. The van der Waals surface area contributed by atoms with Crippen LogP contribution in [0.15, 0.2) is 0 Å². The summed E-state index contributed by atoms with van der Waals surface area (Å²) < 4.78 is 0. The molecule has 0 spiro atoms. The van der Waals surface area contributed by atoms with E-state index in [-0.39, 0.29) is 11.8 Å². The van der Waals surface area contributed by atoms with Gasteiger partial charge in [-0.15, -0.1) is 0 Å². The van der Waals surface area contributed by atoms with E-state index in [1.165, 1.54) is 7.11 Å². The Morgan fingerprint density at radius 1 is 1.36 bits per heavy atom. The molecule has 1 unspecified atom stereocenters. The van der Waals surface area contributed by atoms with E-state index in [2.05, 4.69) is 9.78 Å².